The lowest BCUT2D eigenvalue weighted by molar-refractivity contribution is -0.118. The molecule has 0 radical (unpaired) electrons. The molecular formula is C13H19N3O3. The molecule has 0 heterocycles. The molecule has 2 amide bonds. The van der Waals surface area contributed by atoms with Crippen LogP contribution in [0.2, 0.25) is 0 Å². The number of carbonyl (C=O) groups is 2. The highest BCUT2D eigenvalue weighted by Gasteiger charge is 2.06. The quantitative estimate of drug-likeness (QED) is 0.596. The van der Waals surface area contributed by atoms with Gasteiger partial charge in [-0.1, -0.05) is 12.1 Å². The van der Waals surface area contributed by atoms with Gasteiger partial charge in [0.25, 0.3) is 0 Å². The molecule has 1 aromatic rings. The van der Waals surface area contributed by atoms with Gasteiger partial charge in [0.1, 0.15) is 12.4 Å². The molecule has 0 aliphatic rings. The van der Waals surface area contributed by atoms with E-state index in [2.05, 4.69) is 0 Å². The Morgan fingerprint density at radius 1 is 1.21 bits per heavy atom. The fraction of sp³-hybridized carbons (Fsp3) is 0.385. The monoisotopic (exact) mass is 265 g/mol. The third-order valence-corrected chi connectivity index (χ3v) is 2.50. The lowest BCUT2D eigenvalue weighted by atomic mass is 10.1. The summed E-state index contributed by atoms with van der Waals surface area (Å²) in [6, 6.07) is 6.83. The number of primary amides is 2. The summed E-state index contributed by atoms with van der Waals surface area (Å²) in [4.78, 5) is 21.4. The highest BCUT2D eigenvalue weighted by atomic mass is 16.5. The first-order valence-corrected chi connectivity index (χ1v) is 6.01. The summed E-state index contributed by atoms with van der Waals surface area (Å²) in [5, 5.41) is 0. The van der Waals surface area contributed by atoms with E-state index in [0.29, 0.717) is 12.2 Å². The van der Waals surface area contributed by atoms with Crippen LogP contribution in [0.1, 0.15) is 18.4 Å². The molecule has 19 heavy (non-hydrogen) atoms. The molecule has 1 aromatic carbocycles. The van der Waals surface area contributed by atoms with E-state index in [1.807, 2.05) is 0 Å². The Balaban J connectivity index is 2.44. The summed E-state index contributed by atoms with van der Waals surface area (Å²) in [6.07, 6.45) is 0.896. The van der Waals surface area contributed by atoms with Crippen molar-refractivity contribution in [3.8, 4) is 5.75 Å². The van der Waals surface area contributed by atoms with Crippen molar-refractivity contribution in [2.75, 3.05) is 6.61 Å². The van der Waals surface area contributed by atoms with Crippen LogP contribution < -0.4 is 21.9 Å². The highest BCUT2D eigenvalue weighted by molar-refractivity contribution is 5.76. The molecule has 0 aliphatic heterocycles. The Bertz CT molecular complexity index is 449. The third-order valence-electron chi connectivity index (χ3n) is 2.50. The van der Waals surface area contributed by atoms with Crippen molar-refractivity contribution >= 4 is 11.8 Å². The number of rotatable bonds is 8. The third kappa shape index (κ3) is 6.42. The van der Waals surface area contributed by atoms with Crippen LogP contribution in [0.25, 0.3) is 0 Å². The van der Waals surface area contributed by atoms with E-state index in [1.54, 1.807) is 24.3 Å². The maximum atomic E-state index is 10.8. The van der Waals surface area contributed by atoms with Gasteiger partial charge in [0.05, 0.1) is 6.42 Å². The lowest BCUT2D eigenvalue weighted by Crippen LogP contribution is -2.29. The maximum absolute atomic E-state index is 10.8. The molecule has 0 aromatic heterocycles. The average molecular weight is 265 g/mol. The van der Waals surface area contributed by atoms with Crippen molar-refractivity contribution < 1.29 is 14.3 Å². The van der Waals surface area contributed by atoms with Gasteiger partial charge in [-0.2, -0.15) is 0 Å². The minimum atomic E-state index is -0.393. The van der Waals surface area contributed by atoms with Gasteiger partial charge in [0.2, 0.25) is 11.8 Å². The molecule has 0 bridgehead atoms. The molecule has 6 heteroatoms. The SMILES string of the molecule is NC(=O)CC[C@H](N)COc1cccc(CC(N)=O)c1. The zero-order chi connectivity index (χ0) is 14.3. The van der Waals surface area contributed by atoms with Crippen LogP contribution in [-0.2, 0) is 16.0 Å². The summed E-state index contributed by atoms with van der Waals surface area (Å²) in [5.74, 6) is -0.150. The molecule has 6 N–H and O–H groups in total. The smallest absolute Gasteiger partial charge is 0.221 e. The first-order chi connectivity index (χ1) is 8.97. The van der Waals surface area contributed by atoms with Crippen LogP contribution >= 0.6 is 0 Å². The van der Waals surface area contributed by atoms with Crippen molar-refractivity contribution in [2.24, 2.45) is 17.2 Å². The van der Waals surface area contributed by atoms with Gasteiger partial charge < -0.3 is 21.9 Å². The Kier molecular flexibility index (Phi) is 5.81. The molecule has 0 spiro atoms. The van der Waals surface area contributed by atoms with Gasteiger partial charge in [-0.25, -0.2) is 0 Å². The second kappa shape index (κ2) is 7.38. The van der Waals surface area contributed by atoms with Gasteiger partial charge in [-0.05, 0) is 24.1 Å². The Hall–Kier alpha value is -2.08. The normalized spacial score (nSPS) is 11.8. The number of hydrogen-bond acceptors (Lipinski definition) is 4. The first kappa shape index (κ1) is 15.0. The molecule has 0 aliphatic carbocycles. The Morgan fingerprint density at radius 3 is 2.58 bits per heavy atom. The van der Waals surface area contributed by atoms with Gasteiger partial charge in [0.15, 0.2) is 0 Å². The van der Waals surface area contributed by atoms with E-state index in [0.717, 1.165) is 5.56 Å². The van der Waals surface area contributed by atoms with E-state index in [1.165, 1.54) is 0 Å². The fourth-order valence-corrected chi connectivity index (χ4v) is 1.56. The largest absolute Gasteiger partial charge is 0.492 e. The van der Waals surface area contributed by atoms with Gasteiger partial charge in [-0.15, -0.1) is 0 Å². The summed E-state index contributed by atoms with van der Waals surface area (Å²) in [5.41, 5.74) is 16.7. The number of benzene rings is 1. The predicted molar refractivity (Wildman–Crippen MR) is 71.2 cm³/mol. The van der Waals surface area contributed by atoms with Crippen LogP contribution in [0.4, 0.5) is 0 Å². The zero-order valence-corrected chi connectivity index (χ0v) is 10.7. The minimum Gasteiger partial charge on any atom is -0.492 e. The number of amides is 2. The highest BCUT2D eigenvalue weighted by Crippen LogP contribution is 2.14. The van der Waals surface area contributed by atoms with E-state index in [-0.39, 0.29) is 31.4 Å². The molecule has 0 saturated carbocycles. The number of carbonyl (C=O) groups excluding carboxylic acids is 2. The Morgan fingerprint density at radius 2 is 1.95 bits per heavy atom. The van der Waals surface area contributed by atoms with Crippen molar-refractivity contribution in [3.63, 3.8) is 0 Å². The van der Waals surface area contributed by atoms with Crippen LogP contribution in [0.15, 0.2) is 24.3 Å². The molecular weight excluding hydrogens is 246 g/mol. The number of nitrogens with two attached hydrogens (primary N) is 3. The molecule has 0 saturated heterocycles. The standard InChI is InChI=1S/C13H19N3O3/c14-10(4-5-12(15)17)8-19-11-3-1-2-9(6-11)7-13(16)18/h1-3,6,10H,4-5,7-8,14H2,(H2,15,17)(H2,16,18)/t10-/m0/s1. The van der Waals surface area contributed by atoms with Crippen molar-refractivity contribution in [3.05, 3.63) is 29.8 Å². The Labute approximate surface area is 111 Å². The summed E-state index contributed by atoms with van der Waals surface area (Å²) in [6.45, 7) is 0.285. The second-order valence-corrected chi connectivity index (χ2v) is 4.37. The van der Waals surface area contributed by atoms with Crippen molar-refractivity contribution in [1.29, 1.82) is 0 Å². The van der Waals surface area contributed by atoms with Gasteiger partial charge in [-0.3, -0.25) is 9.59 Å². The maximum Gasteiger partial charge on any atom is 0.221 e. The lowest BCUT2D eigenvalue weighted by Gasteiger charge is -2.12. The molecule has 1 rings (SSSR count). The molecule has 104 valence electrons. The van der Waals surface area contributed by atoms with Crippen LogP contribution in [0.5, 0.6) is 5.75 Å². The molecule has 0 unspecified atom stereocenters. The van der Waals surface area contributed by atoms with Crippen molar-refractivity contribution in [2.45, 2.75) is 25.3 Å². The first-order valence-electron chi connectivity index (χ1n) is 6.01. The summed E-state index contributed by atoms with van der Waals surface area (Å²) >= 11 is 0. The summed E-state index contributed by atoms with van der Waals surface area (Å²) in [7, 11) is 0. The van der Waals surface area contributed by atoms with Gasteiger partial charge >= 0.3 is 0 Å². The van der Waals surface area contributed by atoms with E-state index >= 15 is 0 Å². The number of ether oxygens (including phenoxy) is 1. The van der Waals surface area contributed by atoms with E-state index < -0.39 is 5.91 Å². The van der Waals surface area contributed by atoms with Crippen LogP contribution in [0, 0.1) is 0 Å². The summed E-state index contributed by atoms with van der Waals surface area (Å²) < 4.78 is 5.49. The average Bonchev–Trinajstić information content (AvgIpc) is 2.33. The topological polar surface area (TPSA) is 121 Å². The zero-order valence-electron chi connectivity index (χ0n) is 10.7. The van der Waals surface area contributed by atoms with Gasteiger partial charge in [0, 0.05) is 12.5 Å². The second-order valence-electron chi connectivity index (χ2n) is 4.37. The van der Waals surface area contributed by atoms with E-state index in [4.69, 9.17) is 21.9 Å². The molecule has 1 atom stereocenters. The predicted octanol–water partition coefficient (Wildman–Crippen LogP) is -0.314. The van der Waals surface area contributed by atoms with Crippen molar-refractivity contribution in [1.82, 2.24) is 0 Å². The minimum absolute atomic E-state index is 0.172. The van der Waals surface area contributed by atoms with Crippen LogP contribution in [0.3, 0.4) is 0 Å². The molecule has 6 nitrogen and oxygen atoms in total. The fourth-order valence-electron chi connectivity index (χ4n) is 1.56. The van der Waals surface area contributed by atoms with Crippen LogP contribution in [-0.4, -0.2) is 24.5 Å². The number of hydrogen-bond donors (Lipinski definition) is 3. The van der Waals surface area contributed by atoms with E-state index in [9.17, 15) is 9.59 Å². The molecule has 0 fully saturated rings.